The van der Waals surface area contributed by atoms with Gasteiger partial charge >= 0.3 is 5.76 Å². The van der Waals surface area contributed by atoms with E-state index in [1.54, 1.807) is 18.3 Å². The van der Waals surface area contributed by atoms with E-state index in [0.29, 0.717) is 17.7 Å². The van der Waals surface area contributed by atoms with Crippen LogP contribution in [0, 0.1) is 11.6 Å². The molecule has 7 heteroatoms. The summed E-state index contributed by atoms with van der Waals surface area (Å²) < 4.78 is 32.0. The highest BCUT2D eigenvalue weighted by Gasteiger charge is 2.14. The first-order chi connectivity index (χ1) is 11.9. The van der Waals surface area contributed by atoms with Crippen LogP contribution in [0.5, 0.6) is 0 Å². The van der Waals surface area contributed by atoms with E-state index in [-0.39, 0.29) is 17.9 Å². The summed E-state index contributed by atoms with van der Waals surface area (Å²) >= 11 is 0. The Balaban J connectivity index is 1.69. The molecule has 0 N–H and O–H groups in total. The number of Topliss-reactive ketones (excluding diaryl/α,β-unsaturated/α-hetero) is 1. The number of aromatic nitrogens is 2. The van der Waals surface area contributed by atoms with Crippen molar-refractivity contribution in [2.75, 3.05) is 0 Å². The second-order valence-corrected chi connectivity index (χ2v) is 5.63. The maximum Gasteiger partial charge on any atom is 0.419 e. The third kappa shape index (κ3) is 3.71. The van der Waals surface area contributed by atoms with E-state index >= 15 is 0 Å². The van der Waals surface area contributed by atoms with Gasteiger partial charge in [0.05, 0.1) is 6.42 Å². The molecular formula is C18H14F2N2O3. The summed E-state index contributed by atoms with van der Waals surface area (Å²) in [7, 11) is 1.46. The Hall–Kier alpha value is -3.09. The van der Waals surface area contributed by atoms with Crippen molar-refractivity contribution in [3.8, 4) is 0 Å². The van der Waals surface area contributed by atoms with Crippen LogP contribution in [0.2, 0.25) is 0 Å². The highest BCUT2D eigenvalue weighted by atomic mass is 19.2. The average Bonchev–Trinajstić information content (AvgIpc) is 2.92. The Morgan fingerprint density at radius 3 is 2.52 bits per heavy atom. The molecule has 0 fully saturated rings. The van der Waals surface area contributed by atoms with Crippen LogP contribution < -0.4 is 5.76 Å². The third-order valence-electron chi connectivity index (χ3n) is 3.81. The van der Waals surface area contributed by atoms with Gasteiger partial charge in [0.1, 0.15) is 12.0 Å². The summed E-state index contributed by atoms with van der Waals surface area (Å²) in [6.07, 6.45) is 3.13. The van der Waals surface area contributed by atoms with Gasteiger partial charge in [-0.3, -0.25) is 14.3 Å². The first-order valence-corrected chi connectivity index (χ1v) is 7.49. The van der Waals surface area contributed by atoms with Gasteiger partial charge in [-0.05, 0) is 35.7 Å². The monoisotopic (exact) mass is 344 g/mol. The standard InChI is InChI=1S/C18H14F2N2O3/c1-22-16(10-25-18(22)24)17(23)8-13-4-2-12(9-21-13)6-11-3-5-14(19)15(20)7-11/h2-5,7,9-10H,6,8H2,1H3. The highest BCUT2D eigenvalue weighted by Crippen LogP contribution is 2.14. The van der Waals surface area contributed by atoms with Crippen LogP contribution in [0.1, 0.15) is 27.3 Å². The molecule has 0 radical (unpaired) electrons. The third-order valence-corrected chi connectivity index (χ3v) is 3.81. The van der Waals surface area contributed by atoms with E-state index < -0.39 is 17.4 Å². The molecule has 0 amide bonds. The van der Waals surface area contributed by atoms with Crippen molar-refractivity contribution in [3.05, 3.63) is 87.5 Å². The van der Waals surface area contributed by atoms with E-state index in [1.807, 2.05) is 0 Å². The Morgan fingerprint density at radius 1 is 1.16 bits per heavy atom. The molecule has 2 heterocycles. The molecule has 3 rings (SSSR count). The lowest BCUT2D eigenvalue weighted by molar-refractivity contribution is 0.0983. The van der Waals surface area contributed by atoms with Crippen molar-refractivity contribution in [1.82, 2.24) is 9.55 Å². The Labute approximate surface area is 141 Å². The molecule has 128 valence electrons. The van der Waals surface area contributed by atoms with E-state index in [0.717, 1.165) is 28.5 Å². The first-order valence-electron chi connectivity index (χ1n) is 7.49. The lowest BCUT2D eigenvalue weighted by Gasteiger charge is -2.04. The SMILES string of the molecule is Cn1c(C(=O)Cc2ccc(Cc3ccc(F)c(F)c3)cn2)coc1=O. The second kappa shape index (κ2) is 6.80. The molecule has 0 saturated heterocycles. The summed E-state index contributed by atoms with van der Waals surface area (Å²) in [5.74, 6) is -2.66. The van der Waals surface area contributed by atoms with Gasteiger partial charge in [-0.1, -0.05) is 12.1 Å². The van der Waals surface area contributed by atoms with Gasteiger partial charge in [-0.25, -0.2) is 13.6 Å². The predicted molar refractivity (Wildman–Crippen MR) is 85.4 cm³/mol. The van der Waals surface area contributed by atoms with Crippen molar-refractivity contribution in [1.29, 1.82) is 0 Å². The molecule has 0 aliphatic carbocycles. The number of hydrogen-bond acceptors (Lipinski definition) is 4. The van der Waals surface area contributed by atoms with Crippen molar-refractivity contribution >= 4 is 5.78 Å². The molecule has 0 aliphatic heterocycles. The summed E-state index contributed by atoms with van der Waals surface area (Å²) in [6, 6.07) is 7.19. The molecule has 3 aromatic rings. The summed E-state index contributed by atoms with van der Waals surface area (Å²) in [5.41, 5.74) is 2.14. The average molecular weight is 344 g/mol. The van der Waals surface area contributed by atoms with Crippen LogP contribution in [0.3, 0.4) is 0 Å². The topological polar surface area (TPSA) is 65.1 Å². The van der Waals surface area contributed by atoms with Gasteiger partial charge in [0, 0.05) is 18.9 Å². The number of oxazole rings is 1. The number of carbonyl (C=O) groups is 1. The van der Waals surface area contributed by atoms with Gasteiger partial charge in [0.25, 0.3) is 0 Å². The quantitative estimate of drug-likeness (QED) is 0.668. The highest BCUT2D eigenvalue weighted by molar-refractivity contribution is 5.95. The zero-order valence-corrected chi connectivity index (χ0v) is 13.3. The van der Waals surface area contributed by atoms with E-state index in [1.165, 1.54) is 13.1 Å². The molecule has 0 aliphatic rings. The fourth-order valence-electron chi connectivity index (χ4n) is 2.42. The first kappa shape index (κ1) is 16.8. The maximum atomic E-state index is 13.2. The smallest absolute Gasteiger partial charge is 0.416 e. The molecule has 1 aromatic carbocycles. The maximum absolute atomic E-state index is 13.2. The number of rotatable bonds is 5. The van der Waals surface area contributed by atoms with Gasteiger partial charge in [-0.15, -0.1) is 0 Å². The van der Waals surface area contributed by atoms with Crippen LogP contribution in [-0.4, -0.2) is 15.3 Å². The van der Waals surface area contributed by atoms with Crippen LogP contribution in [-0.2, 0) is 19.9 Å². The molecule has 5 nitrogen and oxygen atoms in total. The largest absolute Gasteiger partial charge is 0.419 e. The number of nitrogens with zero attached hydrogens (tertiary/aromatic N) is 2. The van der Waals surface area contributed by atoms with Crippen molar-refractivity contribution in [2.45, 2.75) is 12.8 Å². The van der Waals surface area contributed by atoms with Gasteiger partial charge in [0.2, 0.25) is 0 Å². The van der Waals surface area contributed by atoms with Crippen LogP contribution in [0.15, 0.2) is 52.0 Å². The van der Waals surface area contributed by atoms with Gasteiger partial charge in [0.15, 0.2) is 17.4 Å². The minimum absolute atomic E-state index is 0.0261. The summed E-state index contributed by atoms with van der Waals surface area (Å²) in [6.45, 7) is 0. The van der Waals surface area contributed by atoms with Crippen LogP contribution in [0.25, 0.3) is 0 Å². The minimum Gasteiger partial charge on any atom is -0.416 e. The lowest BCUT2D eigenvalue weighted by atomic mass is 10.1. The van der Waals surface area contributed by atoms with Gasteiger partial charge < -0.3 is 4.42 Å². The molecule has 0 unspecified atom stereocenters. The van der Waals surface area contributed by atoms with Crippen molar-refractivity contribution in [3.63, 3.8) is 0 Å². The fraction of sp³-hybridized carbons (Fsp3) is 0.167. The number of ketones is 1. The van der Waals surface area contributed by atoms with E-state index in [4.69, 9.17) is 0 Å². The molecule has 25 heavy (non-hydrogen) atoms. The van der Waals surface area contributed by atoms with E-state index in [2.05, 4.69) is 9.40 Å². The predicted octanol–water partition coefficient (Wildman–Crippen LogP) is 2.67. The number of hydrogen-bond donors (Lipinski definition) is 0. The van der Waals surface area contributed by atoms with Crippen molar-refractivity contribution in [2.24, 2.45) is 7.05 Å². The molecular weight excluding hydrogens is 330 g/mol. The number of carbonyl (C=O) groups excluding carboxylic acids is 1. The van der Waals surface area contributed by atoms with Crippen LogP contribution in [0.4, 0.5) is 8.78 Å². The number of halogens is 2. The van der Waals surface area contributed by atoms with Crippen LogP contribution >= 0.6 is 0 Å². The Kier molecular flexibility index (Phi) is 4.56. The molecule has 0 bridgehead atoms. The number of benzene rings is 1. The number of pyridine rings is 1. The zero-order valence-electron chi connectivity index (χ0n) is 13.3. The lowest BCUT2D eigenvalue weighted by Crippen LogP contribution is -2.17. The summed E-state index contributed by atoms with van der Waals surface area (Å²) in [4.78, 5) is 27.6. The Bertz CT molecular complexity index is 975. The minimum atomic E-state index is -0.890. The molecule has 2 aromatic heterocycles. The normalized spacial score (nSPS) is 10.8. The zero-order chi connectivity index (χ0) is 18.0. The van der Waals surface area contributed by atoms with E-state index in [9.17, 15) is 18.4 Å². The Morgan fingerprint density at radius 2 is 1.92 bits per heavy atom. The van der Waals surface area contributed by atoms with Crippen molar-refractivity contribution < 1.29 is 18.0 Å². The summed E-state index contributed by atoms with van der Waals surface area (Å²) in [5, 5.41) is 0. The second-order valence-electron chi connectivity index (χ2n) is 5.63. The molecule has 0 saturated carbocycles. The molecule has 0 spiro atoms. The fourth-order valence-corrected chi connectivity index (χ4v) is 2.42. The van der Waals surface area contributed by atoms with Gasteiger partial charge in [-0.2, -0.15) is 0 Å². The molecule has 0 atom stereocenters.